The van der Waals surface area contributed by atoms with Gasteiger partial charge in [0.2, 0.25) is 0 Å². The van der Waals surface area contributed by atoms with Crippen LogP contribution >= 0.6 is 0 Å². The normalized spacial score (nSPS) is 15.0. The SMILES string of the molecule is CC(C)(C)c1ccc([C@@H](O)C[C@H](O)c2ccc(C(C)(C)C)cc2)cc1. The summed E-state index contributed by atoms with van der Waals surface area (Å²) >= 11 is 0. The molecule has 2 N–H and O–H groups in total. The van der Waals surface area contributed by atoms with Crippen LogP contribution in [0.2, 0.25) is 0 Å². The first-order valence-electron chi connectivity index (χ1n) is 9.05. The van der Waals surface area contributed by atoms with Gasteiger partial charge in [0.25, 0.3) is 0 Å². The maximum atomic E-state index is 10.5. The molecule has 136 valence electrons. The number of hydrogen-bond donors (Lipinski definition) is 2. The maximum absolute atomic E-state index is 10.5. The average Bonchev–Trinajstić information content (AvgIpc) is 2.53. The quantitative estimate of drug-likeness (QED) is 0.778. The third-order valence-electron chi connectivity index (χ3n) is 4.77. The van der Waals surface area contributed by atoms with Crippen molar-refractivity contribution in [3.05, 3.63) is 70.8 Å². The largest absolute Gasteiger partial charge is 0.388 e. The van der Waals surface area contributed by atoms with Gasteiger partial charge in [-0.1, -0.05) is 90.1 Å². The Morgan fingerprint density at radius 1 is 0.600 bits per heavy atom. The van der Waals surface area contributed by atoms with Gasteiger partial charge in [0.1, 0.15) is 0 Å². The van der Waals surface area contributed by atoms with Gasteiger partial charge in [-0.05, 0) is 33.1 Å². The summed E-state index contributed by atoms with van der Waals surface area (Å²) in [5, 5.41) is 20.9. The molecule has 25 heavy (non-hydrogen) atoms. The van der Waals surface area contributed by atoms with E-state index in [1.807, 2.05) is 24.3 Å². The zero-order valence-electron chi connectivity index (χ0n) is 16.4. The first kappa shape index (κ1) is 19.7. The minimum absolute atomic E-state index is 0.0950. The summed E-state index contributed by atoms with van der Waals surface area (Å²) in [4.78, 5) is 0. The standard InChI is InChI=1S/C23H32O2/c1-22(2,3)18-11-7-16(8-12-18)20(24)15-21(25)17-9-13-19(14-10-17)23(4,5)6/h7-14,20-21,24-25H,15H2,1-6H3/t20-,21-/m0/s1. The second-order valence-electron chi connectivity index (χ2n) is 9.01. The Kier molecular flexibility index (Phi) is 5.75. The van der Waals surface area contributed by atoms with E-state index in [1.165, 1.54) is 11.1 Å². The van der Waals surface area contributed by atoms with Crippen LogP contribution < -0.4 is 0 Å². The lowest BCUT2D eigenvalue weighted by Gasteiger charge is -2.22. The summed E-state index contributed by atoms with van der Waals surface area (Å²) in [5.41, 5.74) is 4.36. The summed E-state index contributed by atoms with van der Waals surface area (Å²) in [5.74, 6) is 0. The predicted molar refractivity (Wildman–Crippen MR) is 105 cm³/mol. The van der Waals surface area contributed by atoms with E-state index in [1.54, 1.807) is 0 Å². The highest BCUT2D eigenvalue weighted by atomic mass is 16.3. The lowest BCUT2D eigenvalue weighted by atomic mass is 9.85. The Morgan fingerprint density at radius 3 is 1.12 bits per heavy atom. The van der Waals surface area contributed by atoms with Crippen molar-refractivity contribution in [3.8, 4) is 0 Å². The molecule has 0 bridgehead atoms. The zero-order valence-corrected chi connectivity index (χ0v) is 16.4. The van der Waals surface area contributed by atoms with Crippen molar-refractivity contribution in [2.75, 3.05) is 0 Å². The molecule has 0 amide bonds. The molecule has 0 saturated carbocycles. The summed E-state index contributed by atoms with van der Waals surface area (Å²) in [6.45, 7) is 13.0. The van der Waals surface area contributed by atoms with Crippen LogP contribution in [0.15, 0.2) is 48.5 Å². The molecule has 2 aromatic rings. The fourth-order valence-electron chi connectivity index (χ4n) is 2.89. The lowest BCUT2D eigenvalue weighted by Crippen LogP contribution is -2.12. The molecule has 0 heterocycles. The summed E-state index contributed by atoms with van der Waals surface area (Å²) in [6, 6.07) is 16.1. The molecule has 0 aromatic heterocycles. The molecule has 0 aliphatic rings. The van der Waals surface area contributed by atoms with E-state index >= 15 is 0 Å². The van der Waals surface area contributed by atoms with Gasteiger partial charge >= 0.3 is 0 Å². The molecule has 0 aliphatic carbocycles. The average molecular weight is 341 g/mol. The topological polar surface area (TPSA) is 40.5 Å². The Morgan fingerprint density at radius 2 is 0.880 bits per heavy atom. The van der Waals surface area contributed by atoms with Crippen LogP contribution in [0.1, 0.15) is 82.4 Å². The fourth-order valence-corrected chi connectivity index (χ4v) is 2.89. The first-order chi connectivity index (χ1) is 11.5. The van der Waals surface area contributed by atoms with Crippen LogP contribution in [-0.4, -0.2) is 10.2 Å². The van der Waals surface area contributed by atoms with Crippen molar-refractivity contribution in [1.29, 1.82) is 0 Å². The van der Waals surface area contributed by atoms with Crippen LogP contribution in [-0.2, 0) is 10.8 Å². The van der Waals surface area contributed by atoms with E-state index in [0.717, 1.165) is 11.1 Å². The van der Waals surface area contributed by atoms with E-state index in [4.69, 9.17) is 0 Å². The number of rotatable bonds is 4. The van der Waals surface area contributed by atoms with E-state index in [9.17, 15) is 10.2 Å². The van der Waals surface area contributed by atoms with Gasteiger partial charge in [0.15, 0.2) is 0 Å². The molecule has 0 unspecified atom stereocenters. The van der Waals surface area contributed by atoms with Gasteiger partial charge in [0, 0.05) is 6.42 Å². The molecule has 2 heteroatoms. The predicted octanol–water partition coefficient (Wildman–Crippen LogP) is 5.44. The molecule has 0 saturated heterocycles. The highest BCUT2D eigenvalue weighted by molar-refractivity contribution is 5.30. The zero-order chi connectivity index (χ0) is 18.8. The number of aliphatic hydroxyl groups is 2. The van der Waals surface area contributed by atoms with Crippen molar-refractivity contribution in [2.45, 2.75) is 71.0 Å². The molecule has 0 spiro atoms. The van der Waals surface area contributed by atoms with Gasteiger partial charge in [-0.25, -0.2) is 0 Å². The highest BCUT2D eigenvalue weighted by Gasteiger charge is 2.19. The molecule has 0 aliphatic heterocycles. The van der Waals surface area contributed by atoms with E-state index < -0.39 is 12.2 Å². The van der Waals surface area contributed by atoms with Crippen LogP contribution in [0.4, 0.5) is 0 Å². The Labute approximate surface area is 152 Å². The van der Waals surface area contributed by atoms with Gasteiger partial charge in [-0.15, -0.1) is 0 Å². The molecule has 0 fully saturated rings. The second kappa shape index (κ2) is 7.31. The third-order valence-corrected chi connectivity index (χ3v) is 4.77. The smallest absolute Gasteiger partial charge is 0.0818 e. The van der Waals surface area contributed by atoms with Crippen molar-refractivity contribution in [1.82, 2.24) is 0 Å². The number of benzene rings is 2. The number of aliphatic hydroxyl groups excluding tert-OH is 2. The summed E-state index contributed by atoms with van der Waals surface area (Å²) < 4.78 is 0. The second-order valence-corrected chi connectivity index (χ2v) is 9.01. The van der Waals surface area contributed by atoms with Crippen LogP contribution in [0, 0.1) is 0 Å². The number of hydrogen-bond acceptors (Lipinski definition) is 2. The van der Waals surface area contributed by atoms with Gasteiger partial charge in [-0.2, -0.15) is 0 Å². The van der Waals surface area contributed by atoms with Crippen molar-refractivity contribution < 1.29 is 10.2 Å². The Hall–Kier alpha value is -1.64. The van der Waals surface area contributed by atoms with Crippen molar-refractivity contribution in [3.63, 3.8) is 0 Å². The van der Waals surface area contributed by atoms with E-state index in [-0.39, 0.29) is 10.8 Å². The molecule has 2 rings (SSSR count). The molecular weight excluding hydrogens is 308 g/mol. The minimum Gasteiger partial charge on any atom is -0.388 e. The van der Waals surface area contributed by atoms with E-state index in [0.29, 0.717) is 6.42 Å². The highest BCUT2D eigenvalue weighted by Crippen LogP contribution is 2.30. The van der Waals surface area contributed by atoms with Gasteiger partial charge < -0.3 is 10.2 Å². The van der Waals surface area contributed by atoms with E-state index in [2.05, 4.69) is 65.8 Å². The monoisotopic (exact) mass is 340 g/mol. The first-order valence-corrected chi connectivity index (χ1v) is 9.05. The molecule has 2 atom stereocenters. The van der Waals surface area contributed by atoms with Crippen molar-refractivity contribution in [2.24, 2.45) is 0 Å². The third kappa shape index (κ3) is 5.17. The maximum Gasteiger partial charge on any atom is 0.0818 e. The van der Waals surface area contributed by atoms with Crippen molar-refractivity contribution >= 4 is 0 Å². The molecule has 0 radical (unpaired) electrons. The summed E-state index contributed by atoms with van der Waals surface area (Å²) in [6.07, 6.45) is -1.05. The lowest BCUT2D eigenvalue weighted by molar-refractivity contribution is 0.0804. The molecule has 2 nitrogen and oxygen atoms in total. The Balaban J connectivity index is 2.05. The Bertz CT molecular complexity index is 609. The molecule has 2 aromatic carbocycles. The van der Waals surface area contributed by atoms with Gasteiger partial charge in [-0.3, -0.25) is 0 Å². The van der Waals surface area contributed by atoms with Crippen LogP contribution in [0.5, 0.6) is 0 Å². The van der Waals surface area contributed by atoms with Crippen LogP contribution in [0.3, 0.4) is 0 Å². The minimum atomic E-state index is -0.675. The fraction of sp³-hybridized carbons (Fsp3) is 0.478. The van der Waals surface area contributed by atoms with Crippen LogP contribution in [0.25, 0.3) is 0 Å². The summed E-state index contributed by atoms with van der Waals surface area (Å²) in [7, 11) is 0. The molecular formula is C23H32O2. The van der Waals surface area contributed by atoms with Gasteiger partial charge in [0.05, 0.1) is 12.2 Å².